The van der Waals surface area contributed by atoms with Gasteiger partial charge < -0.3 is 9.73 Å². The van der Waals surface area contributed by atoms with Gasteiger partial charge in [0.05, 0.1) is 11.0 Å². The molecule has 1 atom stereocenters. The summed E-state index contributed by atoms with van der Waals surface area (Å²) in [5.41, 5.74) is 0.868. The number of furan rings is 1. The predicted molar refractivity (Wildman–Crippen MR) is 82.4 cm³/mol. The molecule has 2 aromatic heterocycles. The highest BCUT2D eigenvalue weighted by molar-refractivity contribution is 7.15. The van der Waals surface area contributed by atoms with Crippen molar-refractivity contribution in [2.24, 2.45) is 0 Å². The Kier molecular flexibility index (Phi) is 3.72. The zero-order chi connectivity index (χ0) is 14.8. The topological polar surface area (TPSA) is 68.3 Å². The highest BCUT2D eigenvalue weighted by atomic mass is 32.1. The van der Waals surface area contributed by atoms with Gasteiger partial charge >= 0.3 is 5.00 Å². The number of thiophene rings is 1. The van der Waals surface area contributed by atoms with Gasteiger partial charge in [0.25, 0.3) is 0 Å². The molecule has 0 aliphatic heterocycles. The zero-order valence-electron chi connectivity index (χ0n) is 11.4. The summed E-state index contributed by atoms with van der Waals surface area (Å²) in [5.74, 6) is 0.863. The lowest BCUT2D eigenvalue weighted by Crippen LogP contribution is -2.16. The van der Waals surface area contributed by atoms with E-state index in [0.717, 1.165) is 21.6 Å². The van der Waals surface area contributed by atoms with Gasteiger partial charge in [-0.15, -0.1) is 0 Å². The molecule has 0 fully saturated rings. The highest BCUT2D eigenvalue weighted by Gasteiger charge is 2.13. The third-order valence-electron chi connectivity index (χ3n) is 3.28. The fourth-order valence-corrected chi connectivity index (χ4v) is 2.90. The second kappa shape index (κ2) is 5.67. The second-order valence-corrected chi connectivity index (χ2v) is 5.93. The first-order valence-electron chi connectivity index (χ1n) is 6.58. The van der Waals surface area contributed by atoms with Crippen LogP contribution < -0.4 is 5.32 Å². The van der Waals surface area contributed by atoms with Crippen LogP contribution in [0.3, 0.4) is 0 Å². The van der Waals surface area contributed by atoms with Crippen molar-refractivity contribution in [2.75, 3.05) is 0 Å². The van der Waals surface area contributed by atoms with E-state index in [1.54, 1.807) is 6.07 Å². The van der Waals surface area contributed by atoms with Crippen molar-refractivity contribution in [3.05, 3.63) is 63.2 Å². The maximum atomic E-state index is 10.7. The average molecular weight is 302 g/mol. The lowest BCUT2D eigenvalue weighted by Gasteiger charge is -2.09. The summed E-state index contributed by atoms with van der Waals surface area (Å²) in [4.78, 5) is 11.2. The molecule has 0 saturated heterocycles. The van der Waals surface area contributed by atoms with E-state index in [2.05, 4.69) is 5.32 Å². The Bertz CT molecular complexity index is 745. The number of nitrogens with one attached hydrogen (secondary N) is 1. The van der Waals surface area contributed by atoms with Gasteiger partial charge in [-0.05, 0) is 25.1 Å². The van der Waals surface area contributed by atoms with E-state index in [1.165, 1.54) is 17.4 Å². The van der Waals surface area contributed by atoms with E-state index in [4.69, 9.17) is 4.42 Å². The fraction of sp³-hybridized carbons (Fsp3) is 0.200. The molecule has 1 aromatic carbocycles. The Morgan fingerprint density at radius 3 is 2.86 bits per heavy atom. The van der Waals surface area contributed by atoms with E-state index in [1.807, 2.05) is 37.3 Å². The monoisotopic (exact) mass is 302 g/mol. The maximum absolute atomic E-state index is 10.7. The van der Waals surface area contributed by atoms with Gasteiger partial charge in [-0.3, -0.25) is 10.1 Å². The number of fused-ring (bicyclic) bond motifs is 1. The van der Waals surface area contributed by atoms with Crippen molar-refractivity contribution in [3.63, 3.8) is 0 Å². The first-order chi connectivity index (χ1) is 10.1. The number of para-hydroxylation sites is 1. The number of benzene rings is 1. The van der Waals surface area contributed by atoms with E-state index in [0.29, 0.717) is 6.54 Å². The van der Waals surface area contributed by atoms with Crippen molar-refractivity contribution in [3.8, 4) is 0 Å². The van der Waals surface area contributed by atoms with Gasteiger partial charge in [0.2, 0.25) is 0 Å². The zero-order valence-corrected chi connectivity index (χ0v) is 12.2. The lowest BCUT2D eigenvalue weighted by molar-refractivity contribution is -0.380. The van der Waals surface area contributed by atoms with Crippen LogP contribution in [0.1, 0.15) is 23.6 Å². The summed E-state index contributed by atoms with van der Waals surface area (Å²) in [6.07, 6.45) is 0. The summed E-state index contributed by atoms with van der Waals surface area (Å²) < 4.78 is 5.79. The largest absolute Gasteiger partial charge is 0.459 e. The Labute approximate surface area is 125 Å². The molecule has 108 valence electrons. The summed E-state index contributed by atoms with van der Waals surface area (Å²) in [6.45, 7) is 2.59. The second-order valence-electron chi connectivity index (χ2n) is 4.79. The molecule has 3 rings (SSSR count). The van der Waals surface area contributed by atoms with Gasteiger partial charge in [0.1, 0.15) is 11.3 Å². The van der Waals surface area contributed by atoms with Crippen molar-refractivity contribution in [2.45, 2.75) is 19.5 Å². The number of nitro groups is 1. The molecule has 0 aliphatic carbocycles. The predicted octanol–water partition coefficient (Wildman–Crippen LogP) is 4.25. The lowest BCUT2D eigenvalue weighted by atomic mass is 10.2. The van der Waals surface area contributed by atoms with Crippen molar-refractivity contribution < 1.29 is 9.34 Å². The minimum absolute atomic E-state index is 0.0403. The molecular formula is C15H14N2O3S. The van der Waals surface area contributed by atoms with Crippen LogP contribution in [-0.4, -0.2) is 4.92 Å². The van der Waals surface area contributed by atoms with Crippen LogP contribution in [0, 0.1) is 10.1 Å². The summed E-state index contributed by atoms with van der Waals surface area (Å²) in [7, 11) is 0. The van der Waals surface area contributed by atoms with Gasteiger partial charge in [-0.1, -0.05) is 29.5 Å². The minimum atomic E-state index is -0.364. The van der Waals surface area contributed by atoms with Crippen molar-refractivity contribution in [1.29, 1.82) is 0 Å². The molecule has 6 heteroatoms. The molecule has 1 unspecified atom stereocenters. The van der Waals surface area contributed by atoms with Crippen LogP contribution in [0.15, 0.2) is 46.9 Å². The third-order valence-corrected chi connectivity index (χ3v) is 4.32. The van der Waals surface area contributed by atoms with Crippen molar-refractivity contribution >= 4 is 27.3 Å². The van der Waals surface area contributed by atoms with E-state index in [9.17, 15) is 10.1 Å². The average Bonchev–Trinajstić information content (AvgIpc) is 3.11. The number of rotatable bonds is 5. The molecule has 21 heavy (non-hydrogen) atoms. The Morgan fingerprint density at radius 1 is 1.33 bits per heavy atom. The number of nitrogens with zero attached hydrogens (tertiary/aromatic N) is 1. The molecule has 0 aliphatic rings. The van der Waals surface area contributed by atoms with E-state index < -0.39 is 0 Å². The number of hydrogen-bond acceptors (Lipinski definition) is 5. The van der Waals surface area contributed by atoms with Crippen LogP contribution in [0.4, 0.5) is 5.00 Å². The molecule has 5 nitrogen and oxygen atoms in total. The van der Waals surface area contributed by atoms with Gasteiger partial charge in [0.15, 0.2) is 0 Å². The fourth-order valence-electron chi connectivity index (χ4n) is 2.13. The minimum Gasteiger partial charge on any atom is -0.459 e. The summed E-state index contributed by atoms with van der Waals surface area (Å²) in [6, 6.07) is 13.2. The molecule has 0 saturated carbocycles. The quantitative estimate of drug-likeness (QED) is 0.565. The first-order valence-corrected chi connectivity index (χ1v) is 7.40. The Morgan fingerprint density at radius 2 is 2.14 bits per heavy atom. The Balaban J connectivity index is 1.67. The van der Waals surface area contributed by atoms with Crippen LogP contribution in [0.5, 0.6) is 0 Å². The highest BCUT2D eigenvalue weighted by Crippen LogP contribution is 2.26. The summed E-state index contributed by atoms with van der Waals surface area (Å²) >= 11 is 1.19. The molecule has 0 amide bonds. The molecule has 2 heterocycles. The molecule has 0 radical (unpaired) electrons. The third kappa shape index (κ3) is 2.96. The van der Waals surface area contributed by atoms with Crippen molar-refractivity contribution in [1.82, 2.24) is 5.32 Å². The smallest absolute Gasteiger partial charge is 0.324 e. The normalized spacial score (nSPS) is 12.6. The number of hydrogen-bond donors (Lipinski definition) is 1. The van der Waals surface area contributed by atoms with Crippen LogP contribution in [0.2, 0.25) is 0 Å². The van der Waals surface area contributed by atoms with E-state index >= 15 is 0 Å². The van der Waals surface area contributed by atoms with E-state index in [-0.39, 0.29) is 16.0 Å². The molecule has 1 N–H and O–H groups in total. The summed E-state index contributed by atoms with van der Waals surface area (Å²) in [5, 5.41) is 15.2. The SMILES string of the molecule is CC(NCc1ccc([N+](=O)[O-])s1)c1cc2ccccc2o1. The first kappa shape index (κ1) is 13.8. The molecule has 0 spiro atoms. The van der Waals surface area contributed by atoms with Crippen LogP contribution >= 0.6 is 11.3 Å². The van der Waals surface area contributed by atoms with Gasteiger partial charge in [0, 0.05) is 22.9 Å². The van der Waals surface area contributed by atoms with Crippen LogP contribution in [0.25, 0.3) is 11.0 Å². The molecular weight excluding hydrogens is 288 g/mol. The Hall–Kier alpha value is -2.18. The molecule has 3 aromatic rings. The molecule has 0 bridgehead atoms. The van der Waals surface area contributed by atoms with Crippen LogP contribution in [-0.2, 0) is 6.54 Å². The van der Waals surface area contributed by atoms with Gasteiger partial charge in [-0.2, -0.15) is 0 Å². The standard InChI is InChI=1S/C15H14N2O3S/c1-10(14-8-11-4-2-3-5-13(11)20-14)16-9-12-6-7-15(21-12)17(18)19/h2-8,10,16H,9H2,1H3. The van der Waals surface area contributed by atoms with Gasteiger partial charge in [-0.25, -0.2) is 0 Å². The maximum Gasteiger partial charge on any atom is 0.324 e.